The lowest BCUT2D eigenvalue weighted by molar-refractivity contribution is 0.0155. The third-order valence-corrected chi connectivity index (χ3v) is 8.04. The second-order valence-electron chi connectivity index (χ2n) is 8.51. The number of aliphatic imine (C=N–C) groups is 1. The van der Waals surface area contributed by atoms with E-state index in [4.69, 9.17) is 20.2 Å². The maximum Gasteiger partial charge on any atom is 0.251 e. The van der Waals surface area contributed by atoms with Crippen LogP contribution in [0.5, 0.6) is 11.5 Å². The van der Waals surface area contributed by atoms with Gasteiger partial charge in [-0.25, -0.2) is 4.99 Å². The number of halogens is 1. The number of rotatable bonds is 4. The molecule has 0 radical (unpaired) electrons. The third kappa shape index (κ3) is 3.88. The van der Waals surface area contributed by atoms with Gasteiger partial charge in [0, 0.05) is 33.3 Å². The van der Waals surface area contributed by atoms with Crippen LogP contribution in [0.25, 0.3) is 0 Å². The summed E-state index contributed by atoms with van der Waals surface area (Å²) in [5.41, 5.74) is 7.44. The molecule has 8 heteroatoms. The fourth-order valence-electron chi connectivity index (χ4n) is 5.16. The Hall–Kier alpha value is -2.19. The number of carbonyl (C=O) groups excluding carboxylic acids is 1. The summed E-state index contributed by atoms with van der Waals surface area (Å²) in [4.78, 5) is 18.0. The van der Waals surface area contributed by atoms with Gasteiger partial charge in [-0.05, 0) is 62.6 Å². The van der Waals surface area contributed by atoms with E-state index < -0.39 is 5.54 Å². The number of hydrogen-bond donors (Lipinski definition) is 2. The molecule has 2 aromatic carbocycles. The highest BCUT2D eigenvalue weighted by atomic mass is 79.9. The van der Waals surface area contributed by atoms with Crippen LogP contribution in [0.1, 0.15) is 42.1 Å². The second-order valence-corrected chi connectivity index (χ2v) is 10.4. The molecule has 1 amide bonds. The van der Waals surface area contributed by atoms with Crippen LogP contribution in [0, 0.1) is 5.92 Å². The molecule has 1 aliphatic carbocycles. The van der Waals surface area contributed by atoms with E-state index in [2.05, 4.69) is 27.3 Å². The number of amides is 1. The molecule has 2 heterocycles. The Morgan fingerprint density at radius 3 is 3.00 bits per heavy atom. The van der Waals surface area contributed by atoms with Gasteiger partial charge in [0.25, 0.3) is 5.91 Å². The maximum atomic E-state index is 13.0. The van der Waals surface area contributed by atoms with Crippen molar-refractivity contribution in [1.29, 1.82) is 0 Å². The quantitative estimate of drug-likeness (QED) is 0.627. The Balaban J connectivity index is 1.39. The van der Waals surface area contributed by atoms with Gasteiger partial charge in [0.2, 0.25) is 0 Å². The molecule has 4 atom stereocenters. The minimum Gasteiger partial charge on any atom is -0.494 e. The standard InChI is InChI=1S/C24H26BrN3O3S/c1-2-30-17-5-3-4-14(10-17)22(29)27-16-7-9-21-19(12-16)24(13-32-23(26)28-24)18-11-15(25)6-8-20(18)31-21/h3-6,8,10-11,16,19,21H,2,7,9,12-13H2,1H3,(H2,26,28)(H,27,29)/t16?,19?,21-,24?/m0/s1. The van der Waals surface area contributed by atoms with Crippen molar-refractivity contribution in [3.8, 4) is 11.5 Å². The van der Waals surface area contributed by atoms with Gasteiger partial charge in [-0.15, -0.1) is 0 Å². The number of nitrogens with zero attached hydrogens (tertiary/aromatic N) is 1. The van der Waals surface area contributed by atoms with Gasteiger partial charge >= 0.3 is 0 Å². The minimum atomic E-state index is -0.422. The molecule has 1 saturated carbocycles. The van der Waals surface area contributed by atoms with Gasteiger partial charge in [-0.2, -0.15) is 0 Å². The topological polar surface area (TPSA) is 85.9 Å². The highest BCUT2D eigenvalue weighted by Gasteiger charge is 2.54. The van der Waals surface area contributed by atoms with Gasteiger partial charge in [-0.1, -0.05) is 33.8 Å². The monoisotopic (exact) mass is 515 g/mol. The van der Waals surface area contributed by atoms with Gasteiger partial charge in [0.05, 0.1) is 6.61 Å². The molecule has 2 aliphatic heterocycles. The molecule has 3 N–H and O–H groups in total. The number of nitrogens with two attached hydrogens (primary N) is 1. The molecule has 168 valence electrons. The molecule has 3 unspecified atom stereocenters. The second kappa shape index (κ2) is 8.63. The molecule has 3 aliphatic rings. The summed E-state index contributed by atoms with van der Waals surface area (Å²) < 4.78 is 13.0. The number of nitrogens with one attached hydrogen (secondary N) is 1. The van der Waals surface area contributed by atoms with E-state index in [0.717, 1.165) is 40.8 Å². The summed E-state index contributed by atoms with van der Waals surface area (Å²) >= 11 is 5.20. The first-order valence-corrected chi connectivity index (χ1v) is 12.7. The van der Waals surface area contributed by atoms with Crippen LogP contribution < -0.4 is 20.5 Å². The van der Waals surface area contributed by atoms with E-state index in [1.807, 2.05) is 37.3 Å². The molecule has 0 aromatic heterocycles. The van der Waals surface area contributed by atoms with Crippen molar-refractivity contribution >= 4 is 38.8 Å². The van der Waals surface area contributed by atoms with E-state index in [0.29, 0.717) is 23.1 Å². The molecule has 2 aromatic rings. The zero-order valence-electron chi connectivity index (χ0n) is 17.8. The zero-order chi connectivity index (χ0) is 22.3. The lowest BCUT2D eigenvalue weighted by Gasteiger charge is -2.48. The Labute approximate surface area is 200 Å². The van der Waals surface area contributed by atoms with Gasteiger partial charge in [0.15, 0.2) is 5.17 Å². The van der Waals surface area contributed by atoms with Gasteiger partial charge in [0.1, 0.15) is 23.1 Å². The maximum absolute atomic E-state index is 13.0. The van der Waals surface area contributed by atoms with E-state index in [1.165, 1.54) is 0 Å². The van der Waals surface area contributed by atoms with Gasteiger partial charge < -0.3 is 20.5 Å². The number of amidine groups is 1. The predicted molar refractivity (Wildman–Crippen MR) is 131 cm³/mol. The summed E-state index contributed by atoms with van der Waals surface area (Å²) in [6, 6.07) is 13.5. The van der Waals surface area contributed by atoms with Crippen LogP contribution >= 0.6 is 27.7 Å². The van der Waals surface area contributed by atoms with Crippen LogP contribution in [-0.2, 0) is 5.54 Å². The SMILES string of the molecule is CCOc1cccc(C(=O)NC2CC[C@@H]3Oc4ccc(Br)cc4C4(CSC(N)=N4)C3C2)c1. The Bertz CT molecular complexity index is 1080. The molecular formula is C24H26BrN3O3S. The fourth-order valence-corrected chi connectivity index (χ4v) is 6.55. The van der Waals surface area contributed by atoms with E-state index >= 15 is 0 Å². The lowest BCUT2D eigenvalue weighted by Crippen LogP contribution is -2.54. The van der Waals surface area contributed by atoms with Crippen LogP contribution in [0.4, 0.5) is 0 Å². The smallest absolute Gasteiger partial charge is 0.251 e. The Kier molecular flexibility index (Phi) is 5.84. The number of thioether (sulfide) groups is 1. The average molecular weight is 516 g/mol. The van der Waals surface area contributed by atoms with Crippen molar-refractivity contribution in [3.63, 3.8) is 0 Å². The first-order valence-electron chi connectivity index (χ1n) is 11.0. The molecule has 0 bridgehead atoms. The van der Waals surface area contributed by atoms with Crippen molar-refractivity contribution < 1.29 is 14.3 Å². The fraction of sp³-hybridized carbons (Fsp3) is 0.417. The Morgan fingerprint density at radius 2 is 2.22 bits per heavy atom. The lowest BCUT2D eigenvalue weighted by atomic mass is 9.67. The van der Waals surface area contributed by atoms with E-state index in [9.17, 15) is 4.79 Å². The summed E-state index contributed by atoms with van der Waals surface area (Å²) in [6.45, 7) is 2.50. The number of benzene rings is 2. The van der Waals surface area contributed by atoms with Crippen LogP contribution in [0.3, 0.4) is 0 Å². The predicted octanol–water partition coefficient (Wildman–Crippen LogP) is 4.46. The number of ether oxygens (including phenoxy) is 2. The molecule has 32 heavy (non-hydrogen) atoms. The van der Waals surface area contributed by atoms with Crippen molar-refractivity contribution in [2.75, 3.05) is 12.4 Å². The molecule has 5 rings (SSSR count). The summed E-state index contributed by atoms with van der Waals surface area (Å²) in [5.74, 6) is 2.46. The molecular weight excluding hydrogens is 490 g/mol. The molecule has 1 fully saturated rings. The van der Waals surface area contributed by atoms with Crippen LogP contribution in [0.2, 0.25) is 0 Å². The van der Waals surface area contributed by atoms with Crippen LogP contribution in [0.15, 0.2) is 51.9 Å². The molecule has 1 spiro atoms. The minimum absolute atomic E-state index is 0.0516. The van der Waals surface area contributed by atoms with Crippen molar-refractivity contribution in [1.82, 2.24) is 5.32 Å². The normalized spacial score (nSPS) is 28.3. The summed E-state index contributed by atoms with van der Waals surface area (Å²) in [6.07, 6.45) is 2.59. The third-order valence-electron chi connectivity index (χ3n) is 6.58. The highest BCUT2D eigenvalue weighted by Crippen LogP contribution is 2.54. The summed E-state index contributed by atoms with van der Waals surface area (Å²) in [7, 11) is 0. The Morgan fingerprint density at radius 1 is 1.34 bits per heavy atom. The number of carbonyl (C=O) groups is 1. The molecule has 0 saturated heterocycles. The highest BCUT2D eigenvalue weighted by molar-refractivity contribution is 9.10. The van der Waals surface area contributed by atoms with Crippen molar-refractivity contribution in [2.45, 2.75) is 43.9 Å². The number of hydrogen-bond acceptors (Lipinski definition) is 6. The number of fused-ring (bicyclic) bond motifs is 4. The van der Waals surface area contributed by atoms with E-state index in [1.54, 1.807) is 17.8 Å². The van der Waals surface area contributed by atoms with E-state index in [-0.39, 0.29) is 24.0 Å². The summed E-state index contributed by atoms with van der Waals surface area (Å²) in [5, 5.41) is 3.87. The zero-order valence-corrected chi connectivity index (χ0v) is 20.2. The van der Waals surface area contributed by atoms with Gasteiger partial charge in [-0.3, -0.25) is 4.79 Å². The van der Waals surface area contributed by atoms with Crippen molar-refractivity contribution in [2.24, 2.45) is 16.6 Å². The first-order chi connectivity index (χ1) is 15.5. The van der Waals surface area contributed by atoms with Crippen LogP contribution in [-0.4, -0.2) is 35.6 Å². The largest absolute Gasteiger partial charge is 0.494 e. The van der Waals surface area contributed by atoms with Crippen molar-refractivity contribution in [3.05, 3.63) is 58.1 Å². The first kappa shape index (κ1) is 21.6. The average Bonchev–Trinajstić information content (AvgIpc) is 3.18. The molecule has 6 nitrogen and oxygen atoms in total.